The summed E-state index contributed by atoms with van der Waals surface area (Å²) in [5, 5.41) is 0. The molecule has 1 aromatic rings. The Kier molecular flexibility index (Phi) is 6.72. The van der Waals surface area contributed by atoms with Gasteiger partial charge in [-0.05, 0) is 37.6 Å². The first-order valence-corrected chi connectivity index (χ1v) is 7.05. The van der Waals surface area contributed by atoms with Crippen LogP contribution in [0.15, 0.2) is 24.3 Å². The summed E-state index contributed by atoms with van der Waals surface area (Å²) in [6.07, 6.45) is 1.02. The molecule has 5 nitrogen and oxygen atoms in total. The second-order valence-corrected chi connectivity index (χ2v) is 4.81. The second-order valence-electron chi connectivity index (χ2n) is 4.81. The van der Waals surface area contributed by atoms with Gasteiger partial charge in [-0.3, -0.25) is 9.59 Å². The van der Waals surface area contributed by atoms with Gasteiger partial charge in [-0.2, -0.15) is 0 Å². The number of carbonyl (C=O) groups excluding carboxylic acids is 2. The van der Waals surface area contributed by atoms with Gasteiger partial charge in [0.15, 0.2) is 0 Å². The van der Waals surface area contributed by atoms with E-state index in [2.05, 4.69) is 4.74 Å². The van der Waals surface area contributed by atoms with Gasteiger partial charge in [0.2, 0.25) is 0 Å². The number of rotatable bonds is 7. The van der Waals surface area contributed by atoms with Gasteiger partial charge in [0, 0.05) is 18.2 Å². The highest BCUT2D eigenvalue weighted by Crippen LogP contribution is 2.15. The van der Waals surface area contributed by atoms with Crippen molar-refractivity contribution in [3.8, 4) is 5.75 Å². The van der Waals surface area contributed by atoms with Crippen molar-refractivity contribution in [3.63, 3.8) is 0 Å². The molecular formula is C16H23NO4. The first-order valence-electron chi connectivity index (χ1n) is 7.05. The second kappa shape index (κ2) is 8.29. The average molecular weight is 293 g/mol. The van der Waals surface area contributed by atoms with Gasteiger partial charge < -0.3 is 14.4 Å². The number of esters is 1. The molecule has 0 saturated carbocycles. The van der Waals surface area contributed by atoms with E-state index in [0.717, 1.165) is 6.42 Å². The van der Waals surface area contributed by atoms with Crippen LogP contribution in [0.2, 0.25) is 0 Å². The molecule has 0 aliphatic carbocycles. The van der Waals surface area contributed by atoms with Gasteiger partial charge in [-0.1, -0.05) is 6.92 Å². The lowest BCUT2D eigenvalue weighted by molar-refractivity contribution is -0.140. The standard InChI is InChI=1S/C16H23NO4/c1-5-12(2)17(11-10-15(18)21-4)16(19)13-6-8-14(20-3)9-7-13/h6-9,12H,5,10-11H2,1-4H3. The van der Waals surface area contributed by atoms with Gasteiger partial charge in [0.25, 0.3) is 5.91 Å². The van der Waals surface area contributed by atoms with Gasteiger partial charge in [0.05, 0.1) is 20.6 Å². The molecule has 0 aliphatic rings. The van der Waals surface area contributed by atoms with Gasteiger partial charge in [0.1, 0.15) is 5.75 Å². The van der Waals surface area contributed by atoms with Crippen molar-refractivity contribution in [2.75, 3.05) is 20.8 Å². The Bertz CT molecular complexity index is 470. The maximum atomic E-state index is 12.6. The number of methoxy groups -OCH3 is 2. The Hall–Kier alpha value is -2.04. The molecule has 0 heterocycles. The van der Waals surface area contributed by atoms with Crippen LogP contribution < -0.4 is 4.74 Å². The van der Waals surface area contributed by atoms with E-state index in [9.17, 15) is 9.59 Å². The van der Waals surface area contributed by atoms with Crippen molar-refractivity contribution >= 4 is 11.9 Å². The first-order chi connectivity index (χ1) is 10.0. The average Bonchev–Trinajstić information content (AvgIpc) is 2.54. The summed E-state index contributed by atoms with van der Waals surface area (Å²) in [5.41, 5.74) is 0.584. The molecule has 0 spiro atoms. The van der Waals surface area contributed by atoms with E-state index in [-0.39, 0.29) is 24.3 Å². The van der Waals surface area contributed by atoms with Crippen LogP contribution in [-0.4, -0.2) is 43.6 Å². The summed E-state index contributed by atoms with van der Waals surface area (Å²) in [5.74, 6) is 0.304. The topological polar surface area (TPSA) is 55.8 Å². The fourth-order valence-corrected chi connectivity index (χ4v) is 1.96. The van der Waals surface area contributed by atoms with Crippen molar-refractivity contribution < 1.29 is 19.1 Å². The SMILES string of the molecule is CCC(C)N(CCC(=O)OC)C(=O)c1ccc(OC)cc1. The fourth-order valence-electron chi connectivity index (χ4n) is 1.96. The molecule has 0 fully saturated rings. The molecule has 0 saturated heterocycles. The van der Waals surface area contributed by atoms with E-state index < -0.39 is 0 Å². The number of amides is 1. The zero-order valence-electron chi connectivity index (χ0n) is 13.1. The molecule has 1 rings (SSSR count). The molecule has 21 heavy (non-hydrogen) atoms. The smallest absolute Gasteiger partial charge is 0.307 e. The molecule has 0 aliphatic heterocycles. The predicted molar refractivity (Wildman–Crippen MR) is 80.4 cm³/mol. The monoisotopic (exact) mass is 293 g/mol. The molecule has 5 heteroatoms. The number of carbonyl (C=O) groups is 2. The lowest BCUT2D eigenvalue weighted by atomic mass is 10.1. The van der Waals surface area contributed by atoms with Crippen LogP contribution in [0.1, 0.15) is 37.0 Å². The van der Waals surface area contributed by atoms with E-state index in [4.69, 9.17) is 4.74 Å². The van der Waals surface area contributed by atoms with Crippen LogP contribution in [0.25, 0.3) is 0 Å². The molecule has 1 amide bonds. The Morgan fingerprint density at radius 3 is 2.29 bits per heavy atom. The Morgan fingerprint density at radius 1 is 1.19 bits per heavy atom. The number of ether oxygens (including phenoxy) is 2. The summed E-state index contributed by atoms with van der Waals surface area (Å²) in [7, 11) is 2.93. The molecule has 0 N–H and O–H groups in total. The lowest BCUT2D eigenvalue weighted by Crippen LogP contribution is -2.39. The van der Waals surface area contributed by atoms with Crippen molar-refractivity contribution in [2.24, 2.45) is 0 Å². The molecule has 1 atom stereocenters. The zero-order chi connectivity index (χ0) is 15.8. The Labute approximate surface area is 125 Å². The van der Waals surface area contributed by atoms with Crippen molar-refractivity contribution in [1.29, 1.82) is 0 Å². The van der Waals surface area contributed by atoms with Crippen LogP contribution in [-0.2, 0) is 9.53 Å². The third kappa shape index (κ3) is 4.77. The predicted octanol–water partition coefficient (Wildman–Crippen LogP) is 2.50. The number of hydrogen-bond donors (Lipinski definition) is 0. The maximum absolute atomic E-state index is 12.6. The summed E-state index contributed by atoms with van der Waals surface area (Å²) in [6.45, 7) is 4.34. The highest BCUT2D eigenvalue weighted by atomic mass is 16.5. The highest BCUT2D eigenvalue weighted by Gasteiger charge is 2.21. The minimum atomic E-state index is -0.314. The Morgan fingerprint density at radius 2 is 1.81 bits per heavy atom. The van der Waals surface area contributed by atoms with Gasteiger partial charge in [-0.25, -0.2) is 0 Å². The minimum Gasteiger partial charge on any atom is -0.497 e. The van der Waals surface area contributed by atoms with Crippen molar-refractivity contribution in [1.82, 2.24) is 4.90 Å². The van der Waals surface area contributed by atoms with Gasteiger partial charge >= 0.3 is 5.97 Å². The quantitative estimate of drug-likeness (QED) is 0.725. The number of benzene rings is 1. The lowest BCUT2D eigenvalue weighted by Gasteiger charge is -2.28. The third-order valence-electron chi connectivity index (χ3n) is 3.51. The maximum Gasteiger partial charge on any atom is 0.307 e. The molecule has 0 aromatic heterocycles. The van der Waals surface area contributed by atoms with Crippen molar-refractivity contribution in [3.05, 3.63) is 29.8 Å². The number of hydrogen-bond acceptors (Lipinski definition) is 4. The van der Waals surface area contributed by atoms with E-state index >= 15 is 0 Å². The molecule has 116 valence electrons. The van der Waals surface area contributed by atoms with Crippen LogP contribution in [0, 0.1) is 0 Å². The summed E-state index contributed by atoms with van der Waals surface area (Å²) in [4.78, 5) is 25.6. The van der Waals surface area contributed by atoms with Crippen molar-refractivity contribution in [2.45, 2.75) is 32.7 Å². The third-order valence-corrected chi connectivity index (χ3v) is 3.51. The van der Waals surface area contributed by atoms with Crippen LogP contribution in [0.4, 0.5) is 0 Å². The van der Waals surface area contributed by atoms with Crippen LogP contribution >= 0.6 is 0 Å². The molecule has 0 bridgehead atoms. The Balaban J connectivity index is 2.85. The highest BCUT2D eigenvalue weighted by molar-refractivity contribution is 5.94. The molecule has 0 radical (unpaired) electrons. The number of nitrogens with zero attached hydrogens (tertiary/aromatic N) is 1. The minimum absolute atomic E-state index is 0.0595. The van der Waals surface area contributed by atoms with E-state index in [0.29, 0.717) is 17.9 Å². The van der Waals surface area contributed by atoms with Crippen LogP contribution in [0.5, 0.6) is 5.75 Å². The summed E-state index contributed by atoms with van der Waals surface area (Å²) in [6, 6.07) is 7.03. The fraction of sp³-hybridized carbons (Fsp3) is 0.500. The normalized spacial score (nSPS) is 11.6. The van der Waals surface area contributed by atoms with E-state index in [1.807, 2.05) is 13.8 Å². The molecule has 1 unspecified atom stereocenters. The van der Waals surface area contributed by atoms with E-state index in [1.54, 1.807) is 36.3 Å². The molecule has 1 aromatic carbocycles. The van der Waals surface area contributed by atoms with Crippen LogP contribution in [0.3, 0.4) is 0 Å². The first kappa shape index (κ1) is 17.0. The van der Waals surface area contributed by atoms with Gasteiger partial charge in [-0.15, -0.1) is 0 Å². The summed E-state index contributed by atoms with van der Waals surface area (Å²) >= 11 is 0. The zero-order valence-corrected chi connectivity index (χ0v) is 13.1. The van der Waals surface area contributed by atoms with E-state index in [1.165, 1.54) is 7.11 Å². The summed E-state index contributed by atoms with van der Waals surface area (Å²) < 4.78 is 9.72. The molecular weight excluding hydrogens is 270 g/mol. The largest absolute Gasteiger partial charge is 0.497 e.